The summed E-state index contributed by atoms with van der Waals surface area (Å²) in [6.45, 7) is 0. The van der Waals surface area contributed by atoms with Crippen LogP contribution < -0.4 is 0 Å². The van der Waals surface area contributed by atoms with Gasteiger partial charge in [-0.15, -0.1) is 0 Å². The number of nitrogens with zero attached hydrogens (tertiary/aromatic N) is 4. The highest BCUT2D eigenvalue weighted by Gasteiger charge is 2.18. The zero-order valence-corrected chi connectivity index (χ0v) is 28.1. The fourth-order valence-electron chi connectivity index (χ4n) is 8.13. The molecule has 0 N–H and O–H groups in total. The lowest BCUT2D eigenvalue weighted by Gasteiger charge is -2.10. The second-order valence-corrected chi connectivity index (χ2v) is 13.5. The largest absolute Gasteiger partial charge is 0.309 e. The first kappa shape index (κ1) is 28.8. The van der Waals surface area contributed by atoms with E-state index in [2.05, 4.69) is 167 Å². The third-order valence-electron chi connectivity index (χ3n) is 10.6. The lowest BCUT2D eigenvalue weighted by Crippen LogP contribution is -2.00. The van der Waals surface area contributed by atoms with Gasteiger partial charge in [-0.3, -0.25) is 4.57 Å². The highest BCUT2D eigenvalue weighted by Crippen LogP contribution is 2.39. The Kier molecular flexibility index (Phi) is 6.22. The van der Waals surface area contributed by atoms with Crippen LogP contribution in [-0.4, -0.2) is 19.1 Å². The van der Waals surface area contributed by atoms with E-state index in [0.29, 0.717) is 5.95 Å². The normalized spacial score (nSPS) is 11.8. The molecule has 11 rings (SSSR count). The number of para-hydroxylation sites is 3. The highest BCUT2D eigenvalue weighted by molar-refractivity contribution is 6.21. The summed E-state index contributed by atoms with van der Waals surface area (Å²) in [5.74, 6) is 0.681. The van der Waals surface area contributed by atoms with Crippen molar-refractivity contribution >= 4 is 65.3 Å². The minimum absolute atomic E-state index is 0.681. The first-order valence-electron chi connectivity index (χ1n) is 17.7. The van der Waals surface area contributed by atoms with Crippen LogP contribution in [0.25, 0.3) is 99.2 Å². The number of benzene rings is 8. The summed E-state index contributed by atoms with van der Waals surface area (Å²) in [4.78, 5) is 9.80. The fraction of sp³-hybridized carbons (Fsp3) is 0. The van der Waals surface area contributed by atoms with E-state index in [-0.39, 0.29) is 0 Å². The van der Waals surface area contributed by atoms with E-state index in [0.717, 1.165) is 27.6 Å². The molecule has 0 amide bonds. The lowest BCUT2D eigenvalue weighted by molar-refractivity contribution is 1.01. The highest BCUT2D eigenvalue weighted by atomic mass is 15.2. The lowest BCUT2D eigenvalue weighted by atomic mass is 9.97. The van der Waals surface area contributed by atoms with Crippen molar-refractivity contribution in [2.24, 2.45) is 0 Å². The molecule has 0 spiro atoms. The van der Waals surface area contributed by atoms with Gasteiger partial charge in [0.15, 0.2) is 0 Å². The maximum Gasteiger partial charge on any atom is 0.235 e. The predicted octanol–water partition coefficient (Wildman–Crippen LogP) is 12.3. The smallest absolute Gasteiger partial charge is 0.235 e. The standard InChI is InChI=1S/C48H30N4/c1-2-10-31(11-3-1)32-18-23-37(24-19-32)51-43-16-8-5-13-39(43)41-29-34(21-26-45(41)51)33-20-25-38-35(28-33)22-27-46-47(38)40-14-6-9-17-44(40)52(46)48-49-30-36-12-4-7-15-42(36)50-48/h1-30H. The van der Waals surface area contributed by atoms with Gasteiger partial charge in [-0.05, 0) is 87.6 Å². The maximum atomic E-state index is 4.99. The topological polar surface area (TPSA) is 35.6 Å². The van der Waals surface area contributed by atoms with Crippen LogP contribution in [0.5, 0.6) is 0 Å². The van der Waals surface area contributed by atoms with Crippen molar-refractivity contribution in [2.45, 2.75) is 0 Å². The van der Waals surface area contributed by atoms with Crippen LogP contribution in [0.2, 0.25) is 0 Å². The Balaban J connectivity index is 1.04. The molecule has 3 heterocycles. The molecular weight excluding hydrogens is 633 g/mol. The van der Waals surface area contributed by atoms with Crippen LogP contribution in [-0.2, 0) is 0 Å². The molecule has 4 heteroatoms. The third kappa shape index (κ3) is 4.34. The first-order valence-corrected chi connectivity index (χ1v) is 17.7. The molecule has 0 fully saturated rings. The van der Waals surface area contributed by atoms with Crippen molar-refractivity contribution in [1.29, 1.82) is 0 Å². The number of fused-ring (bicyclic) bond motifs is 9. The van der Waals surface area contributed by atoms with E-state index >= 15 is 0 Å². The SMILES string of the molecule is c1ccc(-c2ccc(-n3c4ccccc4c4cc(-c5ccc6c(ccc7c6c6ccccc6n7-c6ncc7ccccc7n6)c5)ccc43)cc2)cc1. The molecule has 0 unspecified atom stereocenters. The Morgan fingerprint density at radius 3 is 1.87 bits per heavy atom. The van der Waals surface area contributed by atoms with Crippen molar-refractivity contribution in [3.8, 4) is 33.9 Å². The summed E-state index contributed by atoms with van der Waals surface area (Å²) in [6, 6.07) is 63.1. The number of hydrogen-bond acceptors (Lipinski definition) is 2. The molecule has 0 aliphatic heterocycles. The molecule has 3 aromatic heterocycles. The Bertz CT molecular complexity index is 3170. The number of rotatable bonds is 4. The average Bonchev–Trinajstić information content (AvgIpc) is 3.74. The number of aromatic nitrogens is 4. The molecule has 11 aromatic rings. The minimum atomic E-state index is 0.681. The van der Waals surface area contributed by atoms with Crippen molar-refractivity contribution in [3.05, 3.63) is 182 Å². The van der Waals surface area contributed by atoms with Crippen LogP contribution >= 0.6 is 0 Å². The van der Waals surface area contributed by atoms with Crippen LogP contribution in [0.3, 0.4) is 0 Å². The summed E-state index contributed by atoms with van der Waals surface area (Å²) in [6.07, 6.45) is 1.92. The zero-order chi connectivity index (χ0) is 34.2. The molecule has 0 radical (unpaired) electrons. The molecule has 242 valence electrons. The molecule has 52 heavy (non-hydrogen) atoms. The summed E-state index contributed by atoms with van der Waals surface area (Å²) >= 11 is 0. The van der Waals surface area contributed by atoms with Crippen LogP contribution in [0.4, 0.5) is 0 Å². The molecule has 0 bridgehead atoms. The zero-order valence-electron chi connectivity index (χ0n) is 28.1. The van der Waals surface area contributed by atoms with E-state index in [1.54, 1.807) is 0 Å². The van der Waals surface area contributed by atoms with Crippen molar-refractivity contribution in [3.63, 3.8) is 0 Å². The van der Waals surface area contributed by atoms with E-state index in [1.807, 2.05) is 24.4 Å². The van der Waals surface area contributed by atoms with Crippen LogP contribution in [0.15, 0.2) is 182 Å². The summed E-state index contributed by atoms with van der Waals surface area (Å²) in [5.41, 5.74) is 11.5. The van der Waals surface area contributed by atoms with E-state index in [1.165, 1.54) is 65.6 Å². The van der Waals surface area contributed by atoms with Gasteiger partial charge in [0.25, 0.3) is 0 Å². The minimum Gasteiger partial charge on any atom is -0.309 e. The van der Waals surface area contributed by atoms with Gasteiger partial charge in [-0.1, -0.05) is 121 Å². The van der Waals surface area contributed by atoms with Gasteiger partial charge in [0.1, 0.15) is 0 Å². The number of hydrogen-bond donors (Lipinski definition) is 0. The second-order valence-electron chi connectivity index (χ2n) is 13.5. The Morgan fingerprint density at radius 2 is 1.00 bits per heavy atom. The summed E-state index contributed by atoms with van der Waals surface area (Å²) in [7, 11) is 0. The monoisotopic (exact) mass is 662 g/mol. The van der Waals surface area contributed by atoms with Gasteiger partial charge in [0.05, 0.1) is 27.6 Å². The van der Waals surface area contributed by atoms with Gasteiger partial charge in [0, 0.05) is 38.8 Å². The van der Waals surface area contributed by atoms with Gasteiger partial charge in [-0.2, -0.15) is 0 Å². The quantitative estimate of drug-likeness (QED) is 0.188. The van der Waals surface area contributed by atoms with E-state index < -0.39 is 0 Å². The first-order chi connectivity index (χ1) is 25.8. The van der Waals surface area contributed by atoms with Gasteiger partial charge in [-0.25, -0.2) is 9.97 Å². The van der Waals surface area contributed by atoms with Gasteiger partial charge >= 0.3 is 0 Å². The maximum absolute atomic E-state index is 4.99. The molecule has 0 aliphatic rings. The van der Waals surface area contributed by atoms with Crippen LogP contribution in [0.1, 0.15) is 0 Å². The Hall–Kier alpha value is -7.04. The molecular formula is C48H30N4. The Morgan fingerprint density at radius 1 is 0.365 bits per heavy atom. The molecule has 0 aliphatic carbocycles. The van der Waals surface area contributed by atoms with Crippen molar-refractivity contribution in [2.75, 3.05) is 0 Å². The fourth-order valence-corrected chi connectivity index (χ4v) is 8.13. The summed E-state index contributed by atoms with van der Waals surface area (Å²) < 4.78 is 4.58. The molecule has 4 nitrogen and oxygen atoms in total. The summed E-state index contributed by atoms with van der Waals surface area (Å²) in [5, 5.41) is 8.35. The average molecular weight is 663 g/mol. The predicted molar refractivity (Wildman–Crippen MR) is 217 cm³/mol. The van der Waals surface area contributed by atoms with Crippen LogP contribution in [0, 0.1) is 0 Å². The van der Waals surface area contributed by atoms with E-state index in [4.69, 9.17) is 9.97 Å². The Labute approximate surface area is 299 Å². The molecule has 8 aromatic carbocycles. The molecule has 0 saturated heterocycles. The van der Waals surface area contributed by atoms with Gasteiger partial charge in [0.2, 0.25) is 5.95 Å². The van der Waals surface area contributed by atoms with Gasteiger partial charge < -0.3 is 4.57 Å². The van der Waals surface area contributed by atoms with E-state index in [9.17, 15) is 0 Å². The molecule has 0 atom stereocenters. The third-order valence-corrected chi connectivity index (χ3v) is 10.6. The van der Waals surface area contributed by atoms with Crippen molar-refractivity contribution < 1.29 is 0 Å². The van der Waals surface area contributed by atoms with Crippen molar-refractivity contribution in [1.82, 2.24) is 19.1 Å². The molecule has 0 saturated carbocycles. The second kappa shape index (κ2) is 11.2.